The predicted molar refractivity (Wildman–Crippen MR) is 125 cm³/mol. The molecule has 12 heteroatoms. The summed E-state index contributed by atoms with van der Waals surface area (Å²) in [5, 5.41) is 12.2. The summed E-state index contributed by atoms with van der Waals surface area (Å²) in [5.41, 5.74) is 1.62. The fourth-order valence-electron chi connectivity index (χ4n) is 3.52. The van der Waals surface area contributed by atoms with Gasteiger partial charge in [0.15, 0.2) is 0 Å². The third-order valence-electron chi connectivity index (χ3n) is 5.27. The first-order valence-corrected chi connectivity index (χ1v) is 12.9. The fourth-order valence-corrected chi connectivity index (χ4v) is 5.77. The van der Waals surface area contributed by atoms with Crippen LogP contribution in [-0.2, 0) is 28.8 Å². The summed E-state index contributed by atoms with van der Waals surface area (Å²) < 4.78 is 55.1. The molecule has 1 atom stereocenters. The zero-order valence-corrected chi connectivity index (χ0v) is 20.5. The van der Waals surface area contributed by atoms with Gasteiger partial charge in [0, 0.05) is 30.6 Å². The summed E-state index contributed by atoms with van der Waals surface area (Å²) in [6.07, 6.45) is 2.27. The Kier molecular flexibility index (Phi) is 6.32. The van der Waals surface area contributed by atoms with Crippen LogP contribution in [0.3, 0.4) is 0 Å². The van der Waals surface area contributed by atoms with E-state index in [0.717, 1.165) is 29.3 Å². The van der Waals surface area contributed by atoms with E-state index in [1.165, 1.54) is 17.4 Å². The SMILES string of the molecule is CC(C)c1nnc(NS(=O)(=O)c2ccc3c(c2)CC(Nc2ncc(C(C)(F)F)cc2Cl)C3)s1. The van der Waals surface area contributed by atoms with Crippen molar-refractivity contribution in [3.63, 3.8) is 0 Å². The highest BCUT2D eigenvalue weighted by molar-refractivity contribution is 7.93. The van der Waals surface area contributed by atoms with E-state index < -0.39 is 15.9 Å². The van der Waals surface area contributed by atoms with E-state index in [2.05, 4.69) is 25.2 Å². The molecule has 0 saturated carbocycles. The van der Waals surface area contributed by atoms with Gasteiger partial charge < -0.3 is 5.32 Å². The van der Waals surface area contributed by atoms with Crippen LogP contribution in [0.2, 0.25) is 5.02 Å². The smallest absolute Gasteiger partial charge is 0.272 e. The van der Waals surface area contributed by atoms with E-state index in [1.54, 1.807) is 18.2 Å². The number of rotatable bonds is 7. The third kappa shape index (κ3) is 5.25. The largest absolute Gasteiger partial charge is 0.365 e. The highest BCUT2D eigenvalue weighted by Gasteiger charge is 2.28. The van der Waals surface area contributed by atoms with Gasteiger partial charge in [-0.3, -0.25) is 4.72 Å². The molecule has 0 saturated heterocycles. The van der Waals surface area contributed by atoms with Crippen molar-refractivity contribution in [3.8, 4) is 0 Å². The topological polar surface area (TPSA) is 96.9 Å². The number of nitrogens with zero attached hydrogens (tertiary/aromatic N) is 3. The second-order valence-electron chi connectivity index (χ2n) is 8.33. The minimum Gasteiger partial charge on any atom is -0.365 e. The van der Waals surface area contributed by atoms with Crippen molar-refractivity contribution in [2.24, 2.45) is 0 Å². The normalized spacial score (nSPS) is 16.2. The van der Waals surface area contributed by atoms with Gasteiger partial charge in [0.2, 0.25) is 5.13 Å². The Morgan fingerprint density at radius 2 is 1.91 bits per heavy atom. The van der Waals surface area contributed by atoms with E-state index in [4.69, 9.17) is 11.6 Å². The summed E-state index contributed by atoms with van der Waals surface area (Å²) in [6.45, 7) is 4.70. The molecule has 1 aliphatic carbocycles. The molecule has 4 rings (SSSR count). The molecule has 0 radical (unpaired) electrons. The molecular formula is C21H22ClF2N5O2S2. The molecule has 0 bridgehead atoms. The molecule has 0 amide bonds. The van der Waals surface area contributed by atoms with Gasteiger partial charge in [-0.2, -0.15) is 0 Å². The zero-order chi connectivity index (χ0) is 24.0. The summed E-state index contributed by atoms with van der Waals surface area (Å²) in [4.78, 5) is 4.18. The van der Waals surface area contributed by atoms with Crippen LogP contribution in [0.15, 0.2) is 35.4 Å². The molecule has 1 unspecified atom stereocenters. The number of sulfonamides is 1. The molecule has 7 nitrogen and oxygen atoms in total. The number of nitrogens with one attached hydrogen (secondary N) is 2. The molecule has 3 aromatic rings. The van der Waals surface area contributed by atoms with E-state index in [-0.39, 0.29) is 32.6 Å². The molecule has 176 valence electrons. The Balaban J connectivity index is 1.47. The van der Waals surface area contributed by atoms with Crippen molar-refractivity contribution in [3.05, 3.63) is 57.2 Å². The van der Waals surface area contributed by atoms with Crippen LogP contribution in [-0.4, -0.2) is 29.6 Å². The number of alkyl halides is 2. The number of benzene rings is 1. The Hall–Kier alpha value is -2.37. The summed E-state index contributed by atoms with van der Waals surface area (Å²) in [5.74, 6) is -2.56. The van der Waals surface area contributed by atoms with Crippen LogP contribution in [0.4, 0.5) is 19.7 Å². The van der Waals surface area contributed by atoms with Gasteiger partial charge in [0.25, 0.3) is 15.9 Å². The van der Waals surface area contributed by atoms with Gasteiger partial charge >= 0.3 is 0 Å². The van der Waals surface area contributed by atoms with E-state index in [0.29, 0.717) is 18.7 Å². The van der Waals surface area contributed by atoms with Crippen LogP contribution in [0.1, 0.15) is 48.4 Å². The molecule has 0 aliphatic heterocycles. The summed E-state index contributed by atoms with van der Waals surface area (Å²) in [6, 6.07) is 6.08. The van der Waals surface area contributed by atoms with Crippen molar-refractivity contribution in [2.45, 2.75) is 56.4 Å². The van der Waals surface area contributed by atoms with Crippen molar-refractivity contribution < 1.29 is 17.2 Å². The first-order valence-electron chi connectivity index (χ1n) is 10.2. The van der Waals surface area contributed by atoms with Crippen molar-refractivity contribution >= 4 is 43.9 Å². The number of anilines is 2. The monoisotopic (exact) mass is 513 g/mol. The van der Waals surface area contributed by atoms with Crippen LogP contribution >= 0.6 is 22.9 Å². The van der Waals surface area contributed by atoms with E-state index in [1.807, 2.05) is 13.8 Å². The number of hydrogen-bond donors (Lipinski definition) is 2. The average molecular weight is 514 g/mol. The van der Waals surface area contributed by atoms with Crippen molar-refractivity contribution in [1.29, 1.82) is 0 Å². The fraction of sp³-hybridized carbons (Fsp3) is 0.381. The first kappa shape index (κ1) is 23.8. The lowest BCUT2D eigenvalue weighted by molar-refractivity contribution is 0.0171. The van der Waals surface area contributed by atoms with E-state index >= 15 is 0 Å². The molecule has 2 heterocycles. The van der Waals surface area contributed by atoms with Gasteiger partial charge in [0.05, 0.1) is 9.92 Å². The highest BCUT2D eigenvalue weighted by atomic mass is 35.5. The molecular weight excluding hydrogens is 492 g/mol. The van der Waals surface area contributed by atoms with Crippen LogP contribution < -0.4 is 10.0 Å². The number of hydrogen-bond acceptors (Lipinski definition) is 7. The molecule has 33 heavy (non-hydrogen) atoms. The van der Waals surface area contributed by atoms with Gasteiger partial charge in [-0.25, -0.2) is 22.2 Å². The third-order valence-corrected chi connectivity index (χ3v) is 8.16. The lowest BCUT2D eigenvalue weighted by Crippen LogP contribution is -2.21. The Bertz CT molecular complexity index is 1290. The summed E-state index contributed by atoms with van der Waals surface area (Å²) in [7, 11) is -3.82. The first-order chi connectivity index (χ1) is 15.4. The number of pyridine rings is 1. The Morgan fingerprint density at radius 1 is 1.18 bits per heavy atom. The predicted octanol–water partition coefficient (Wildman–Crippen LogP) is 5.20. The van der Waals surface area contributed by atoms with Crippen LogP contribution in [0.5, 0.6) is 0 Å². The van der Waals surface area contributed by atoms with Crippen LogP contribution in [0.25, 0.3) is 0 Å². The molecule has 0 spiro atoms. The molecule has 1 aromatic carbocycles. The standard InChI is InChI=1S/C21H22ClF2N5O2S2/c1-11(2)19-27-28-20(32-19)29-33(30,31)16-5-4-12-6-15(7-13(12)8-16)26-18-17(22)9-14(10-25-18)21(3,23)24/h4-5,8-11,15H,6-7H2,1-3H3,(H,25,26)(H,28,29). The van der Waals surface area contributed by atoms with Gasteiger partial charge in [-0.05, 0) is 42.2 Å². The Morgan fingerprint density at radius 3 is 2.55 bits per heavy atom. The summed E-state index contributed by atoms with van der Waals surface area (Å²) >= 11 is 7.36. The second kappa shape index (κ2) is 8.77. The number of fused-ring (bicyclic) bond motifs is 1. The maximum Gasteiger partial charge on any atom is 0.272 e. The van der Waals surface area contributed by atoms with Gasteiger partial charge in [0.1, 0.15) is 10.8 Å². The minimum absolute atomic E-state index is 0.0966. The average Bonchev–Trinajstić information content (AvgIpc) is 3.34. The van der Waals surface area contributed by atoms with Crippen LogP contribution in [0, 0.1) is 0 Å². The highest BCUT2D eigenvalue weighted by Crippen LogP contribution is 2.33. The number of aromatic nitrogens is 3. The molecule has 1 aliphatic rings. The second-order valence-corrected chi connectivity index (χ2v) is 11.4. The molecule has 2 aromatic heterocycles. The molecule has 2 N–H and O–H groups in total. The molecule has 0 fully saturated rings. The Labute approximate surface area is 199 Å². The maximum atomic E-state index is 13.5. The van der Waals surface area contributed by atoms with Crippen molar-refractivity contribution in [2.75, 3.05) is 10.0 Å². The lowest BCUT2D eigenvalue weighted by atomic mass is 10.1. The maximum absolute atomic E-state index is 13.5. The minimum atomic E-state index is -3.82. The number of halogens is 3. The van der Waals surface area contributed by atoms with E-state index in [9.17, 15) is 17.2 Å². The van der Waals surface area contributed by atoms with Gasteiger partial charge in [-0.1, -0.05) is 42.9 Å². The van der Waals surface area contributed by atoms with Gasteiger partial charge in [-0.15, -0.1) is 10.2 Å². The quantitative estimate of drug-likeness (QED) is 0.450. The zero-order valence-electron chi connectivity index (χ0n) is 18.1. The lowest BCUT2D eigenvalue weighted by Gasteiger charge is -2.16. The van der Waals surface area contributed by atoms with Crippen molar-refractivity contribution in [1.82, 2.24) is 15.2 Å².